The second-order valence-electron chi connectivity index (χ2n) is 5.57. The van der Waals surface area contributed by atoms with Crippen molar-refractivity contribution in [2.24, 2.45) is 0 Å². The first kappa shape index (κ1) is 20.7. The number of rotatable bonds is 11. The van der Waals surface area contributed by atoms with Gasteiger partial charge in [0.2, 0.25) is 10.0 Å². The van der Waals surface area contributed by atoms with Crippen molar-refractivity contribution in [2.75, 3.05) is 32.8 Å². The van der Waals surface area contributed by atoms with Crippen molar-refractivity contribution < 1.29 is 18.3 Å². The van der Waals surface area contributed by atoms with Gasteiger partial charge in [0.1, 0.15) is 12.4 Å². The standard InChI is InChI=1S/C18H23ClN2O4S/c19-16-3-7-18(8-4-16)26(23,24)21-10-9-15-1-5-17(6-2-15)25-14-12-20-11-13-22/h1-8,20-22H,9-14H2. The Bertz CT molecular complexity index is 765. The third kappa shape index (κ3) is 6.93. The van der Waals surface area contributed by atoms with E-state index in [0.29, 0.717) is 37.7 Å². The fourth-order valence-electron chi connectivity index (χ4n) is 2.22. The Kier molecular flexibility index (Phi) is 8.34. The summed E-state index contributed by atoms with van der Waals surface area (Å²) in [5.41, 5.74) is 1.01. The van der Waals surface area contributed by atoms with Crippen molar-refractivity contribution in [3.8, 4) is 5.75 Å². The van der Waals surface area contributed by atoms with Crippen molar-refractivity contribution in [3.63, 3.8) is 0 Å². The first-order chi connectivity index (χ1) is 12.5. The third-order valence-corrected chi connectivity index (χ3v) is 5.32. The molecule has 0 bridgehead atoms. The molecule has 2 aromatic carbocycles. The summed E-state index contributed by atoms with van der Waals surface area (Å²) in [5, 5.41) is 12.2. The minimum absolute atomic E-state index is 0.108. The molecule has 0 aromatic heterocycles. The Morgan fingerprint density at radius 2 is 1.65 bits per heavy atom. The number of aliphatic hydroxyl groups excluding tert-OH is 1. The van der Waals surface area contributed by atoms with Gasteiger partial charge in [-0.15, -0.1) is 0 Å². The van der Waals surface area contributed by atoms with Gasteiger partial charge in [0.25, 0.3) is 0 Å². The molecule has 6 nitrogen and oxygen atoms in total. The highest BCUT2D eigenvalue weighted by atomic mass is 35.5. The maximum atomic E-state index is 12.2. The maximum absolute atomic E-state index is 12.2. The zero-order valence-electron chi connectivity index (χ0n) is 14.3. The van der Waals surface area contributed by atoms with Crippen LogP contribution in [0.3, 0.4) is 0 Å². The first-order valence-corrected chi connectivity index (χ1v) is 10.2. The van der Waals surface area contributed by atoms with Gasteiger partial charge in [0, 0.05) is 24.7 Å². The molecule has 0 heterocycles. The van der Waals surface area contributed by atoms with Crippen molar-refractivity contribution >= 4 is 21.6 Å². The lowest BCUT2D eigenvalue weighted by Gasteiger charge is -2.09. The predicted molar refractivity (Wildman–Crippen MR) is 102 cm³/mol. The van der Waals surface area contributed by atoms with E-state index in [1.54, 1.807) is 12.1 Å². The molecular formula is C18H23ClN2O4S. The summed E-state index contributed by atoms with van der Waals surface area (Å²) >= 11 is 5.77. The highest BCUT2D eigenvalue weighted by molar-refractivity contribution is 7.89. The van der Waals surface area contributed by atoms with E-state index in [9.17, 15) is 8.42 Å². The van der Waals surface area contributed by atoms with Crippen molar-refractivity contribution in [2.45, 2.75) is 11.3 Å². The van der Waals surface area contributed by atoms with Gasteiger partial charge in [-0.05, 0) is 48.4 Å². The van der Waals surface area contributed by atoms with Gasteiger partial charge in [0.15, 0.2) is 0 Å². The second-order valence-corrected chi connectivity index (χ2v) is 7.77. The van der Waals surface area contributed by atoms with Crippen LogP contribution in [0.1, 0.15) is 5.56 Å². The van der Waals surface area contributed by atoms with Crippen LogP contribution in [0.2, 0.25) is 5.02 Å². The molecule has 0 radical (unpaired) electrons. The molecule has 142 valence electrons. The molecule has 8 heteroatoms. The summed E-state index contributed by atoms with van der Waals surface area (Å²) in [6.45, 7) is 2.13. The monoisotopic (exact) mass is 398 g/mol. The molecule has 0 amide bonds. The minimum atomic E-state index is -3.53. The lowest BCUT2D eigenvalue weighted by molar-refractivity contribution is 0.276. The molecule has 0 aliphatic heterocycles. The van der Waals surface area contributed by atoms with Crippen molar-refractivity contribution in [3.05, 3.63) is 59.1 Å². The average Bonchev–Trinajstić information content (AvgIpc) is 2.63. The summed E-state index contributed by atoms with van der Waals surface area (Å²) in [4.78, 5) is 0.195. The molecule has 0 saturated carbocycles. The van der Waals surface area contributed by atoms with Gasteiger partial charge in [-0.3, -0.25) is 0 Å². The zero-order chi connectivity index (χ0) is 18.8. The Morgan fingerprint density at radius 1 is 0.962 bits per heavy atom. The van der Waals surface area contributed by atoms with Crippen LogP contribution in [0.25, 0.3) is 0 Å². The summed E-state index contributed by atoms with van der Waals surface area (Å²) in [5.74, 6) is 0.751. The Labute approximate surface area is 159 Å². The first-order valence-electron chi connectivity index (χ1n) is 8.30. The van der Waals surface area contributed by atoms with Crippen LogP contribution < -0.4 is 14.8 Å². The third-order valence-electron chi connectivity index (χ3n) is 3.59. The lowest BCUT2D eigenvalue weighted by Crippen LogP contribution is -2.26. The van der Waals surface area contributed by atoms with Crippen molar-refractivity contribution in [1.82, 2.24) is 10.0 Å². The number of sulfonamides is 1. The van der Waals surface area contributed by atoms with Gasteiger partial charge < -0.3 is 15.2 Å². The van der Waals surface area contributed by atoms with Crippen LogP contribution in [-0.4, -0.2) is 46.4 Å². The minimum Gasteiger partial charge on any atom is -0.492 e. The Morgan fingerprint density at radius 3 is 2.31 bits per heavy atom. The number of halogens is 1. The van der Waals surface area contributed by atoms with Crippen LogP contribution in [-0.2, 0) is 16.4 Å². The number of aliphatic hydroxyl groups is 1. The lowest BCUT2D eigenvalue weighted by atomic mass is 10.1. The highest BCUT2D eigenvalue weighted by Gasteiger charge is 2.12. The summed E-state index contributed by atoms with van der Waals surface area (Å²) in [6, 6.07) is 13.6. The molecule has 0 aliphatic carbocycles. The molecule has 2 rings (SSSR count). The predicted octanol–water partition coefficient (Wildman–Crippen LogP) is 1.82. The fraction of sp³-hybridized carbons (Fsp3) is 0.333. The van der Waals surface area contributed by atoms with Crippen LogP contribution in [0, 0.1) is 0 Å². The van der Waals surface area contributed by atoms with E-state index in [-0.39, 0.29) is 11.5 Å². The Balaban J connectivity index is 1.76. The molecule has 3 N–H and O–H groups in total. The molecule has 0 fully saturated rings. The topological polar surface area (TPSA) is 87.7 Å². The molecule has 0 saturated heterocycles. The number of hydrogen-bond acceptors (Lipinski definition) is 5. The fourth-order valence-corrected chi connectivity index (χ4v) is 3.38. The number of hydrogen-bond donors (Lipinski definition) is 3. The van der Waals surface area contributed by atoms with Crippen LogP contribution >= 0.6 is 11.6 Å². The van der Waals surface area contributed by atoms with Gasteiger partial charge in [-0.2, -0.15) is 0 Å². The van der Waals surface area contributed by atoms with E-state index in [1.807, 2.05) is 24.3 Å². The average molecular weight is 399 g/mol. The number of benzene rings is 2. The molecule has 26 heavy (non-hydrogen) atoms. The van der Waals surface area contributed by atoms with Gasteiger partial charge in [0.05, 0.1) is 11.5 Å². The number of ether oxygens (including phenoxy) is 1. The van der Waals surface area contributed by atoms with Gasteiger partial charge in [-0.25, -0.2) is 13.1 Å². The SMILES string of the molecule is O=S(=O)(NCCc1ccc(OCCNCCO)cc1)c1ccc(Cl)cc1. The van der Waals surface area contributed by atoms with E-state index in [1.165, 1.54) is 12.1 Å². The van der Waals surface area contributed by atoms with E-state index < -0.39 is 10.0 Å². The second kappa shape index (κ2) is 10.5. The van der Waals surface area contributed by atoms with Crippen LogP contribution in [0.4, 0.5) is 0 Å². The zero-order valence-corrected chi connectivity index (χ0v) is 15.9. The molecule has 0 unspecified atom stereocenters. The molecule has 2 aromatic rings. The molecule has 0 aliphatic rings. The summed E-state index contributed by atoms with van der Waals surface area (Å²) in [7, 11) is -3.53. The largest absolute Gasteiger partial charge is 0.492 e. The normalized spacial score (nSPS) is 11.5. The molecule has 0 atom stereocenters. The van der Waals surface area contributed by atoms with E-state index in [0.717, 1.165) is 11.3 Å². The van der Waals surface area contributed by atoms with Gasteiger partial charge in [-0.1, -0.05) is 23.7 Å². The van der Waals surface area contributed by atoms with Crippen molar-refractivity contribution in [1.29, 1.82) is 0 Å². The van der Waals surface area contributed by atoms with E-state index >= 15 is 0 Å². The molecular weight excluding hydrogens is 376 g/mol. The molecule has 0 spiro atoms. The number of nitrogens with one attached hydrogen (secondary N) is 2. The summed E-state index contributed by atoms with van der Waals surface area (Å²) < 4.78 is 32.5. The quantitative estimate of drug-likeness (QED) is 0.502. The van der Waals surface area contributed by atoms with Crippen LogP contribution in [0.5, 0.6) is 5.75 Å². The smallest absolute Gasteiger partial charge is 0.240 e. The summed E-state index contributed by atoms with van der Waals surface area (Å²) in [6.07, 6.45) is 0.575. The maximum Gasteiger partial charge on any atom is 0.240 e. The highest BCUT2D eigenvalue weighted by Crippen LogP contribution is 2.15. The Hall–Kier alpha value is -1.64. The van der Waals surface area contributed by atoms with Gasteiger partial charge >= 0.3 is 0 Å². The van der Waals surface area contributed by atoms with E-state index in [2.05, 4.69) is 10.0 Å². The van der Waals surface area contributed by atoms with E-state index in [4.69, 9.17) is 21.4 Å². The van der Waals surface area contributed by atoms with Crippen LogP contribution in [0.15, 0.2) is 53.4 Å².